The van der Waals surface area contributed by atoms with Gasteiger partial charge in [0.15, 0.2) is 0 Å². The maximum atomic E-state index is 11.4. The predicted octanol–water partition coefficient (Wildman–Crippen LogP) is 0.740. The van der Waals surface area contributed by atoms with Gasteiger partial charge in [0.25, 0.3) is 5.91 Å². The van der Waals surface area contributed by atoms with Crippen LogP contribution in [0, 0.1) is 0 Å². The van der Waals surface area contributed by atoms with Crippen LogP contribution in [0.4, 0.5) is 4.79 Å². The topological polar surface area (TPSA) is 78.4 Å². The van der Waals surface area contributed by atoms with Gasteiger partial charge < -0.3 is 15.7 Å². The monoisotopic (exact) mass is 220 g/mol. The van der Waals surface area contributed by atoms with Gasteiger partial charge in [-0.25, -0.2) is 4.79 Å². The number of rotatable bonds is 3. The summed E-state index contributed by atoms with van der Waals surface area (Å²) < 4.78 is 0. The highest BCUT2D eigenvalue weighted by Gasteiger charge is 2.18. The molecule has 1 aliphatic rings. The number of nitrogens with one attached hydrogen (secondary N) is 2. The Morgan fingerprint density at radius 1 is 1.50 bits per heavy atom. The van der Waals surface area contributed by atoms with Gasteiger partial charge in [0.1, 0.15) is 0 Å². The number of hydrogen-bond donors (Lipinski definition) is 3. The smallest absolute Gasteiger partial charge is 0.404 e. The van der Waals surface area contributed by atoms with Crippen LogP contribution in [-0.4, -0.2) is 23.7 Å². The molecule has 0 saturated carbocycles. The number of fused-ring (bicyclic) bond motifs is 1. The van der Waals surface area contributed by atoms with Gasteiger partial charge in [-0.2, -0.15) is 0 Å². The number of hydrogen-bond acceptors (Lipinski definition) is 2. The van der Waals surface area contributed by atoms with E-state index >= 15 is 0 Å². The minimum absolute atomic E-state index is 0.0527. The number of carbonyl (C=O) groups excluding carboxylic acids is 1. The Kier molecular flexibility index (Phi) is 2.76. The quantitative estimate of drug-likeness (QED) is 0.703. The first kappa shape index (κ1) is 10.5. The minimum Gasteiger partial charge on any atom is -0.465 e. The van der Waals surface area contributed by atoms with Crippen LogP contribution in [0.1, 0.15) is 21.5 Å². The minimum atomic E-state index is -1.03. The molecular formula is C11H12N2O3. The van der Waals surface area contributed by atoms with Crippen LogP contribution in [0.25, 0.3) is 0 Å². The lowest BCUT2D eigenvalue weighted by atomic mass is 10.0. The van der Waals surface area contributed by atoms with E-state index < -0.39 is 6.09 Å². The zero-order valence-electron chi connectivity index (χ0n) is 8.62. The highest BCUT2D eigenvalue weighted by molar-refractivity contribution is 5.98. The Labute approximate surface area is 92.5 Å². The molecule has 2 rings (SSSR count). The van der Waals surface area contributed by atoms with Crippen molar-refractivity contribution < 1.29 is 14.7 Å². The van der Waals surface area contributed by atoms with E-state index in [0.29, 0.717) is 25.1 Å². The normalized spacial score (nSPS) is 13.1. The van der Waals surface area contributed by atoms with Crippen LogP contribution in [0.3, 0.4) is 0 Å². The molecule has 0 spiro atoms. The molecule has 5 heteroatoms. The second-order valence-corrected chi connectivity index (χ2v) is 3.66. The van der Waals surface area contributed by atoms with E-state index in [2.05, 4.69) is 10.6 Å². The average molecular weight is 220 g/mol. The third-order valence-corrected chi connectivity index (χ3v) is 2.55. The van der Waals surface area contributed by atoms with E-state index in [0.717, 1.165) is 11.1 Å². The molecule has 84 valence electrons. The Hall–Kier alpha value is -2.04. The lowest BCUT2D eigenvalue weighted by molar-refractivity contribution is 0.0965. The van der Waals surface area contributed by atoms with Crippen molar-refractivity contribution in [2.45, 2.75) is 13.0 Å². The van der Waals surface area contributed by atoms with Crippen LogP contribution < -0.4 is 10.6 Å². The summed E-state index contributed by atoms with van der Waals surface area (Å²) >= 11 is 0. The summed E-state index contributed by atoms with van der Waals surface area (Å²) in [7, 11) is 0. The zero-order chi connectivity index (χ0) is 11.5. The molecule has 16 heavy (non-hydrogen) atoms. The molecule has 1 aromatic rings. The highest BCUT2D eigenvalue weighted by atomic mass is 16.4. The van der Waals surface area contributed by atoms with Crippen molar-refractivity contribution in [3.8, 4) is 0 Å². The molecule has 5 nitrogen and oxygen atoms in total. The lowest BCUT2D eigenvalue weighted by Gasteiger charge is -2.03. The van der Waals surface area contributed by atoms with Crippen molar-refractivity contribution in [2.75, 3.05) is 6.54 Å². The number of carboxylic acid groups (broad SMARTS) is 1. The summed E-state index contributed by atoms with van der Waals surface area (Å²) in [6, 6.07) is 5.65. The molecule has 0 radical (unpaired) electrons. The summed E-state index contributed by atoms with van der Waals surface area (Å²) in [5, 5.41) is 13.4. The fraction of sp³-hybridized carbons (Fsp3) is 0.273. The number of carbonyl (C=O) groups is 2. The number of amides is 2. The summed E-state index contributed by atoms with van der Waals surface area (Å²) in [5.74, 6) is -0.0527. The molecule has 0 bridgehead atoms. The third kappa shape index (κ3) is 2.13. The predicted molar refractivity (Wildman–Crippen MR) is 57.3 cm³/mol. The molecule has 1 heterocycles. The first-order chi connectivity index (χ1) is 7.66. The lowest BCUT2D eigenvalue weighted by Crippen LogP contribution is -2.23. The maximum Gasteiger partial charge on any atom is 0.404 e. The van der Waals surface area contributed by atoms with Gasteiger partial charge in [-0.15, -0.1) is 0 Å². The van der Waals surface area contributed by atoms with Gasteiger partial charge in [0.05, 0.1) is 0 Å². The second kappa shape index (κ2) is 4.22. The standard InChI is InChI=1S/C11H12N2O3/c14-10-9-5-7(3-4-12-11(15)16)1-2-8(9)6-13-10/h1-2,5,12H,3-4,6H2,(H,13,14)(H,15,16). The van der Waals surface area contributed by atoms with Crippen LogP contribution >= 0.6 is 0 Å². The van der Waals surface area contributed by atoms with Gasteiger partial charge >= 0.3 is 6.09 Å². The van der Waals surface area contributed by atoms with Crippen molar-refractivity contribution >= 4 is 12.0 Å². The fourth-order valence-corrected chi connectivity index (χ4v) is 1.73. The van der Waals surface area contributed by atoms with Gasteiger partial charge in [0, 0.05) is 18.7 Å². The van der Waals surface area contributed by atoms with E-state index in [1.54, 1.807) is 0 Å². The summed E-state index contributed by atoms with van der Waals surface area (Å²) in [6.07, 6.45) is -0.439. The Bertz CT molecular complexity index is 443. The average Bonchev–Trinajstić information content (AvgIpc) is 2.60. The van der Waals surface area contributed by atoms with Gasteiger partial charge in [0.2, 0.25) is 0 Å². The molecule has 0 saturated heterocycles. The van der Waals surface area contributed by atoms with E-state index in [-0.39, 0.29) is 5.91 Å². The van der Waals surface area contributed by atoms with Crippen molar-refractivity contribution in [3.05, 3.63) is 34.9 Å². The maximum absolute atomic E-state index is 11.4. The van der Waals surface area contributed by atoms with E-state index in [1.807, 2.05) is 18.2 Å². The molecule has 2 amide bonds. The molecule has 1 aromatic carbocycles. The Balaban J connectivity index is 2.04. The molecule has 0 atom stereocenters. The van der Waals surface area contributed by atoms with E-state index in [1.165, 1.54) is 0 Å². The molecule has 0 fully saturated rings. The third-order valence-electron chi connectivity index (χ3n) is 2.55. The largest absolute Gasteiger partial charge is 0.465 e. The summed E-state index contributed by atoms with van der Waals surface area (Å²) in [6.45, 7) is 0.942. The summed E-state index contributed by atoms with van der Waals surface area (Å²) in [4.78, 5) is 21.6. The number of benzene rings is 1. The van der Waals surface area contributed by atoms with Crippen molar-refractivity contribution in [2.24, 2.45) is 0 Å². The fourth-order valence-electron chi connectivity index (χ4n) is 1.73. The van der Waals surface area contributed by atoms with Crippen LogP contribution in [0.5, 0.6) is 0 Å². The molecule has 0 aromatic heterocycles. The highest BCUT2D eigenvalue weighted by Crippen LogP contribution is 2.17. The van der Waals surface area contributed by atoms with E-state index in [4.69, 9.17) is 5.11 Å². The summed E-state index contributed by atoms with van der Waals surface area (Å²) in [5.41, 5.74) is 2.66. The zero-order valence-corrected chi connectivity index (χ0v) is 8.62. The van der Waals surface area contributed by atoms with Gasteiger partial charge in [-0.1, -0.05) is 12.1 Å². The Morgan fingerprint density at radius 3 is 3.06 bits per heavy atom. The molecule has 3 N–H and O–H groups in total. The first-order valence-corrected chi connectivity index (χ1v) is 5.03. The molecule has 1 aliphatic heterocycles. The second-order valence-electron chi connectivity index (χ2n) is 3.66. The Morgan fingerprint density at radius 2 is 2.31 bits per heavy atom. The van der Waals surface area contributed by atoms with Crippen LogP contribution in [0.2, 0.25) is 0 Å². The van der Waals surface area contributed by atoms with Crippen molar-refractivity contribution in [3.63, 3.8) is 0 Å². The van der Waals surface area contributed by atoms with Crippen LogP contribution in [-0.2, 0) is 13.0 Å². The van der Waals surface area contributed by atoms with Gasteiger partial charge in [-0.05, 0) is 23.6 Å². The first-order valence-electron chi connectivity index (χ1n) is 5.03. The molecular weight excluding hydrogens is 208 g/mol. The van der Waals surface area contributed by atoms with Crippen molar-refractivity contribution in [1.29, 1.82) is 0 Å². The van der Waals surface area contributed by atoms with Crippen LogP contribution in [0.15, 0.2) is 18.2 Å². The van der Waals surface area contributed by atoms with Crippen molar-refractivity contribution in [1.82, 2.24) is 10.6 Å². The SMILES string of the molecule is O=C(O)NCCc1ccc2c(c1)C(=O)NC2. The van der Waals surface area contributed by atoms with Gasteiger partial charge in [-0.3, -0.25) is 4.79 Å². The van der Waals surface area contributed by atoms with E-state index in [9.17, 15) is 9.59 Å². The molecule has 0 aliphatic carbocycles. The molecule has 0 unspecified atom stereocenters.